The van der Waals surface area contributed by atoms with Gasteiger partial charge in [0, 0.05) is 42.8 Å². The molecule has 176 valence electrons. The number of benzene rings is 2. The van der Waals surface area contributed by atoms with E-state index in [1.54, 1.807) is 37.6 Å². The van der Waals surface area contributed by atoms with Crippen LogP contribution in [0.1, 0.15) is 36.0 Å². The molecular weight excluding hydrogens is 472 g/mol. The number of rotatable bonds is 6. The summed E-state index contributed by atoms with van der Waals surface area (Å²) in [5.74, 6) is 1.60. The van der Waals surface area contributed by atoms with Crippen LogP contribution in [0, 0.1) is 0 Å². The minimum atomic E-state index is -0.0414. The molecule has 7 nitrogen and oxygen atoms in total. The van der Waals surface area contributed by atoms with Crippen LogP contribution in [0.25, 0.3) is 10.9 Å². The largest absolute Gasteiger partial charge is 0.496 e. The molecule has 0 bridgehead atoms. The zero-order valence-corrected chi connectivity index (χ0v) is 20.3. The van der Waals surface area contributed by atoms with Crippen molar-refractivity contribution in [1.29, 1.82) is 0 Å². The predicted octanol–water partition coefficient (Wildman–Crippen LogP) is 5.37. The second-order valence-electron chi connectivity index (χ2n) is 8.49. The van der Waals surface area contributed by atoms with Gasteiger partial charge in [0.2, 0.25) is 0 Å². The van der Waals surface area contributed by atoms with E-state index >= 15 is 0 Å². The number of pyridine rings is 1. The minimum absolute atomic E-state index is 0.0414. The number of aromatic nitrogens is 1. The molecule has 0 atom stereocenters. The van der Waals surface area contributed by atoms with E-state index in [2.05, 4.69) is 15.6 Å². The molecule has 0 radical (unpaired) electrons. The maximum atomic E-state index is 13.1. The van der Waals surface area contributed by atoms with Crippen molar-refractivity contribution in [2.45, 2.75) is 31.7 Å². The summed E-state index contributed by atoms with van der Waals surface area (Å²) in [4.78, 5) is 19.4. The summed E-state index contributed by atoms with van der Waals surface area (Å²) in [5, 5.41) is 8.13. The van der Waals surface area contributed by atoms with Gasteiger partial charge in [-0.1, -0.05) is 11.6 Å². The van der Waals surface area contributed by atoms with Gasteiger partial charge in [-0.3, -0.25) is 9.78 Å². The Balaban J connectivity index is 1.41. The summed E-state index contributed by atoms with van der Waals surface area (Å²) in [6, 6.07) is 11.2. The molecule has 1 saturated heterocycles. The van der Waals surface area contributed by atoms with Crippen molar-refractivity contribution in [2.24, 2.45) is 0 Å². The van der Waals surface area contributed by atoms with E-state index in [0.717, 1.165) is 44.2 Å². The fourth-order valence-electron chi connectivity index (χ4n) is 4.02. The number of halogens is 1. The summed E-state index contributed by atoms with van der Waals surface area (Å²) in [6.45, 7) is 1.52. The van der Waals surface area contributed by atoms with E-state index in [-0.39, 0.29) is 5.91 Å². The molecule has 1 aromatic heterocycles. The van der Waals surface area contributed by atoms with E-state index in [0.29, 0.717) is 50.2 Å². The highest BCUT2D eigenvalue weighted by molar-refractivity contribution is 7.80. The lowest BCUT2D eigenvalue weighted by atomic mass is 10.1. The van der Waals surface area contributed by atoms with Crippen LogP contribution in [-0.4, -0.2) is 47.1 Å². The minimum Gasteiger partial charge on any atom is -0.496 e. The van der Waals surface area contributed by atoms with Gasteiger partial charge in [0.25, 0.3) is 5.91 Å². The highest BCUT2D eigenvalue weighted by Crippen LogP contribution is 2.36. The Morgan fingerprint density at radius 3 is 2.65 bits per heavy atom. The lowest BCUT2D eigenvalue weighted by molar-refractivity contribution is 0.0789. The quantitative estimate of drug-likeness (QED) is 0.444. The third kappa shape index (κ3) is 4.88. The third-order valence-electron chi connectivity index (χ3n) is 5.98. The molecule has 2 aliphatic rings. The second kappa shape index (κ2) is 9.64. The molecule has 1 saturated carbocycles. The molecule has 1 amide bonds. The fourth-order valence-corrected chi connectivity index (χ4v) is 4.52. The van der Waals surface area contributed by atoms with Crippen LogP contribution in [0.4, 0.5) is 5.69 Å². The zero-order chi connectivity index (χ0) is 23.7. The molecule has 9 heteroatoms. The number of ether oxygens (including phenoxy) is 2. The summed E-state index contributed by atoms with van der Waals surface area (Å²) in [6.07, 6.45) is 5.98. The normalized spacial score (nSPS) is 15.3. The summed E-state index contributed by atoms with van der Waals surface area (Å²) in [7, 11) is 1.56. The molecule has 2 heterocycles. The van der Waals surface area contributed by atoms with E-state index < -0.39 is 0 Å². The van der Waals surface area contributed by atoms with E-state index in [4.69, 9.17) is 33.3 Å². The first kappa shape index (κ1) is 22.7. The second-order valence-corrected chi connectivity index (χ2v) is 9.31. The van der Waals surface area contributed by atoms with Gasteiger partial charge in [-0.05, 0) is 62.2 Å². The zero-order valence-electron chi connectivity index (χ0n) is 18.8. The molecule has 0 spiro atoms. The number of hydrogen-bond acceptors (Lipinski definition) is 5. The van der Waals surface area contributed by atoms with Crippen molar-refractivity contribution in [2.75, 3.05) is 25.5 Å². The van der Waals surface area contributed by atoms with Gasteiger partial charge < -0.3 is 25.0 Å². The van der Waals surface area contributed by atoms with Gasteiger partial charge in [-0.25, -0.2) is 0 Å². The van der Waals surface area contributed by atoms with Crippen LogP contribution in [0.3, 0.4) is 0 Å². The van der Waals surface area contributed by atoms with Gasteiger partial charge in [-0.15, -0.1) is 0 Å². The molecule has 1 aliphatic carbocycles. The highest BCUT2D eigenvalue weighted by atomic mass is 35.5. The number of hydrogen-bond donors (Lipinski definition) is 2. The Morgan fingerprint density at radius 2 is 1.94 bits per heavy atom. The van der Waals surface area contributed by atoms with E-state index in [1.807, 2.05) is 17.0 Å². The Labute approximate surface area is 208 Å². The average Bonchev–Trinajstić information content (AvgIpc) is 3.47. The Morgan fingerprint density at radius 1 is 1.15 bits per heavy atom. The summed E-state index contributed by atoms with van der Waals surface area (Å²) >= 11 is 11.8. The van der Waals surface area contributed by atoms with Crippen molar-refractivity contribution in [3.63, 3.8) is 0 Å². The number of carbonyl (C=O) groups is 1. The van der Waals surface area contributed by atoms with E-state index in [1.165, 1.54) is 0 Å². The van der Waals surface area contributed by atoms with E-state index in [9.17, 15) is 4.79 Å². The van der Waals surface area contributed by atoms with Gasteiger partial charge >= 0.3 is 0 Å². The van der Waals surface area contributed by atoms with Gasteiger partial charge in [0.05, 0.1) is 28.9 Å². The Hall–Kier alpha value is -3.10. The van der Waals surface area contributed by atoms with Crippen molar-refractivity contribution >= 4 is 51.4 Å². The van der Waals surface area contributed by atoms with Crippen molar-refractivity contribution < 1.29 is 14.3 Å². The maximum absolute atomic E-state index is 13.1. The SMILES string of the molecule is COc1cc2nccc(Oc3ccc(NC(=S)NC4CC4)c(Cl)c3)c2cc1C(=O)N1CCCC1. The number of anilines is 1. The number of amides is 1. The first-order valence-electron chi connectivity index (χ1n) is 11.3. The summed E-state index contributed by atoms with van der Waals surface area (Å²) < 4.78 is 11.7. The molecule has 0 unspecified atom stereocenters. The Bertz CT molecular complexity index is 1260. The van der Waals surface area contributed by atoms with Crippen molar-refractivity contribution in [1.82, 2.24) is 15.2 Å². The molecule has 2 aromatic carbocycles. The number of likely N-dealkylation sites (tertiary alicyclic amines) is 1. The van der Waals surface area contributed by atoms with Crippen molar-refractivity contribution in [3.8, 4) is 17.2 Å². The van der Waals surface area contributed by atoms with Crippen LogP contribution in [-0.2, 0) is 0 Å². The van der Waals surface area contributed by atoms with Gasteiger partial charge in [-0.2, -0.15) is 0 Å². The smallest absolute Gasteiger partial charge is 0.257 e. The van der Waals surface area contributed by atoms with Crippen LogP contribution in [0.2, 0.25) is 5.02 Å². The van der Waals surface area contributed by atoms with Crippen LogP contribution in [0.15, 0.2) is 42.6 Å². The number of methoxy groups -OCH3 is 1. The molecule has 34 heavy (non-hydrogen) atoms. The summed E-state index contributed by atoms with van der Waals surface area (Å²) in [5.41, 5.74) is 1.88. The molecule has 2 fully saturated rings. The fraction of sp³-hybridized carbons (Fsp3) is 0.320. The van der Waals surface area contributed by atoms with Gasteiger partial charge in [0.1, 0.15) is 17.2 Å². The number of nitrogens with zero attached hydrogens (tertiary/aromatic N) is 2. The average molecular weight is 497 g/mol. The lowest BCUT2D eigenvalue weighted by Gasteiger charge is -2.18. The van der Waals surface area contributed by atoms with Crippen molar-refractivity contribution in [3.05, 3.63) is 53.2 Å². The van der Waals surface area contributed by atoms with Crippen LogP contribution in [0.5, 0.6) is 17.2 Å². The molecule has 1 aliphatic heterocycles. The number of carbonyl (C=O) groups excluding carboxylic acids is 1. The predicted molar refractivity (Wildman–Crippen MR) is 137 cm³/mol. The topological polar surface area (TPSA) is 75.7 Å². The third-order valence-corrected chi connectivity index (χ3v) is 6.51. The molecule has 2 N–H and O–H groups in total. The molecule has 5 rings (SSSR count). The van der Waals surface area contributed by atoms with Gasteiger partial charge in [0.15, 0.2) is 5.11 Å². The monoisotopic (exact) mass is 496 g/mol. The maximum Gasteiger partial charge on any atom is 0.257 e. The Kier molecular flexibility index (Phi) is 6.43. The lowest BCUT2D eigenvalue weighted by Crippen LogP contribution is -2.30. The van der Waals surface area contributed by atoms with Crippen LogP contribution < -0.4 is 20.1 Å². The first-order chi connectivity index (χ1) is 16.5. The number of nitrogens with one attached hydrogen (secondary N) is 2. The molecule has 3 aromatic rings. The first-order valence-corrected chi connectivity index (χ1v) is 12.1. The molecular formula is C25H25ClN4O3S. The number of thiocarbonyl (C=S) groups is 1. The van der Waals surface area contributed by atoms with Crippen LogP contribution >= 0.6 is 23.8 Å². The standard InChI is InChI=1S/C25H25ClN4O3S/c1-32-23-14-21-17(13-18(23)24(31)30-10-2-3-11-30)22(8-9-27-21)33-16-6-7-20(19(26)12-16)29-25(34)28-15-4-5-15/h6-9,12-15H,2-5,10-11H2,1H3,(H2,28,29,34). The number of fused-ring (bicyclic) bond motifs is 1. The highest BCUT2D eigenvalue weighted by Gasteiger charge is 2.24.